The minimum absolute atomic E-state index is 0.311. The van der Waals surface area contributed by atoms with Crippen molar-refractivity contribution in [3.63, 3.8) is 0 Å². The van der Waals surface area contributed by atoms with Gasteiger partial charge in [-0.2, -0.15) is 0 Å². The summed E-state index contributed by atoms with van der Waals surface area (Å²) in [5.41, 5.74) is 0. The third kappa shape index (κ3) is 4.97. The second-order valence-electron chi connectivity index (χ2n) is 2.11. The van der Waals surface area contributed by atoms with Crippen molar-refractivity contribution in [1.29, 1.82) is 0 Å². The van der Waals surface area contributed by atoms with Gasteiger partial charge in [-0.3, -0.25) is 9.52 Å². The van der Waals surface area contributed by atoms with Crippen molar-refractivity contribution >= 4 is 23.8 Å². The zero-order chi connectivity index (χ0) is 9.56. The number of aliphatic carboxylic acids is 1. The Balaban J connectivity index is 3.87. The molecule has 1 atom stereocenters. The molecule has 0 aliphatic rings. The summed E-state index contributed by atoms with van der Waals surface area (Å²) in [6, 6.07) is -0.819. The van der Waals surface area contributed by atoms with Crippen LogP contribution in [0, 0.1) is 0 Å². The third-order valence-corrected chi connectivity index (χ3v) is 1.86. The van der Waals surface area contributed by atoms with E-state index in [1.165, 1.54) is 18.9 Å². The second-order valence-corrected chi connectivity index (χ2v) is 3.14. The molecule has 0 unspecified atom stereocenters. The SMILES string of the molecule is CNSC[C@@H](NC(C)=O)C(=O)O. The lowest BCUT2D eigenvalue weighted by Gasteiger charge is -2.11. The summed E-state index contributed by atoms with van der Waals surface area (Å²) >= 11 is 1.24. The summed E-state index contributed by atoms with van der Waals surface area (Å²) in [6.45, 7) is 1.29. The highest BCUT2D eigenvalue weighted by molar-refractivity contribution is 7.97. The minimum Gasteiger partial charge on any atom is -0.480 e. The molecule has 0 aromatic carbocycles. The highest BCUT2D eigenvalue weighted by Crippen LogP contribution is 1.96. The van der Waals surface area contributed by atoms with Gasteiger partial charge in [-0.1, -0.05) is 11.9 Å². The first-order valence-corrected chi connectivity index (χ1v) is 4.35. The lowest BCUT2D eigenvalue weighted by atomic mass is 10.3. The normalized spacial score (nSPS) is 12.2. The Morgan fingerprint density at radius 1 is 1.58 bits per heavy atom. The molecule has 0 bridgehead atoms. The number of carbonyl (C=O) groups is 2. The van der Waals surface area contributed by atoms with Gasteiger partial charge in [-0.15, -0.1) is 0 Å². The molecule has 1 amide bonds. The van der Waals surface area contributed by atoms with Crippen molar-refractivity contribution in [2.24, 2.45) is 0 Å². The molecule has 0 fully saturated rings. The number of carboxylic acid groups (broad SMARTS) is 1. The first kappa shape index (κ1) is 11.2. The summed E-state index contributed by atoms with van der Waals surface area (Å²) in [7, 11) is 1.69. The summed E-state index contributed by atoms with van der Waals surface area (Å²) in [6.07, 6.45) is 0. The molecule has 0 radical (unpaired) electrons. The Morgan fingerprint density at radius 2 is 2.17 bits per heavy atom. The van der Waals surface area contributed by atoms with E-state index in [1.807, 2.05) is 0 Å². The van der Waals surface area contributed by atoms with Gasteiger partial charge < -0.3 is 10.4 Å². The Kier molecular flexibility index (Phi) is 5.48. The summed E-state index contributed by atoms with van der Waals surface area (Å²) in [4.78, 5) is 21.0. The molecule has 0 heterocycles. The van der Waals surface area contributed by atoms with Gasteiger partial charge in [0.05, 0.1) is 0 Å². The summed E-state index contributed by atoms with van der Waals surface area (Å²) < 4.78 is 2.73. The molecular formula is C6H12N2O3S. The van der Waals surface area contributed by atoms with E-state index >= 15 is 0 Å². The molecule has 0 aromatic rings. The van der Waals surface area contributed by atoms with Crippen LogP contribution in [0.4, 0.5) is 0 Å². The third-order valence-electron chi connectivity index (χ3n) is 1.07. The highest BCUT2D eigenvalue weighted by atomic mass is 32.2. The molecule has 0 aliphatic heterocycles. The summed E-state index contributed by atoms with van der Waals surface area (Å²) in [5, 5.41) is 10.9. The lowest BCUT2D eigenvalue weighted by Crippen LogP contribution is -2.41. The van der Waals surface area contributed by atoms with Crippen molar-refractivity contribution in [3.8, 4) is 0 Å². The maximum atomic E-state index is 10.5. The maximum absolute atomic E-state index is 10.5. The molecule has 5 nitrogen and oxygen atoms in total. The number of nitrogens with one attached hydrogen (secondary N) is 2. The number of carbonyl (C=O) groups excluding carboxylic acids is 1. The van der Waals surface area contributed by atoms with Crippen molar-refractivity contribution in [1.82, 2.24) is 10.0 Å². The topological polar surface area (TPSA) is 78.4 Å². The van der Waals surface area contributed by atoms with E-state index < -0.39 is 12.0 Å². The fourth-order valence-corrected chi connectivity index (χ4v) is 1.15. The van der Waals surface area contributed by atoms with E-state index in [2.05, 4.69) is 10.0 Å². The van der Waals surface area contributed by atoms with Crippen LogP contribution >= 0.6 is 11.9 Å². The quantitative estimate of drug-likeness (QED) is 0.509. The Bertz CT molecular complexity index is 174. The molecule has 3 N–H and O–H groups in total. The van der Waals surface area contributed by atoms with Gasteiger partial charge in [0.1, 0.15) is 6.04 Å². The summed E-state index contributed by atoms with van der Waals surface area (Å²) in [5.74, 6) is -1.04. The van der Waals surface area contributed by atoms with E-state index in [0.29, 0.717) is 5.75 Å². The van der Waals surface area contributed by atoms with E-state index in [-0.39, 0.29) is 5.91 Å². The minimum atomic E-state index is -1.02. The maximum Gasteiger partial charge on any atom is 0.327 e. The average molecular weight is 192 g/mol. The van der Waals surface area contributed by atoms with Gasteiger partial charge in [-0.05, 0) is 7.05 Å². The standard InChI is InChI=1S/C6H12N2O3S/c1-4(9)8-5(6(10)11)3-12-7-2/h5,7H,3H2,1-2H3,(H,8,9)(H,10,11)/t5-/m1/s1. The van der Waals surface area contributed by atoms with E-state index in [1.54, 1.807) is 7.05 Å². The molecular weight excluding hydrogens is 180 g/mol. The van der Waals surface area contributed by atoms with Gasteiger partial charge in [0.15, 0.2) is 0 Å². The van der Waals surface area contributed by atoms with Crippen LogP contribution in [0.1, 0.15) is 6.92 Å². The van der Waals surface area contributed by atoms with Crippen molar-refractivity contribution in [2.75, 3.05) is 12.8 Å². The van der Waals surface area contributed by atoms with Crippen LogP contribution in [0.5, 0.6) is 0 Å². The number of amides is 1. The number of hydrogen-bond donors (Lipinski definition) is 3. The Hall–Kier alpha value is -0.750. The smallest absolute Gasteiger partial charge is 0.327 e. The second kappa shape index (κ2) is 5.84. The van der Waals surface area contributed by atoms with Crippen LogP contribution in [-0.4, -0.2) is 35.8 Å². The lowest BCUT2D eigenvalue weighted by molar-refractivity contribution is -0.140. The molecule has 0 aliphatic carbocycles. The molecule has 12 heavy (non-hydrogen) atoms. The van der Waals surface area contributed by atoms with E-state index in [0.717, 1.165) is 0 Å². The number of carboxylic acids is 1. The van der Waals surface area contributed by atoms with Crippen LogP contribution in [0.15, 0.2) is 0 Å². The first-order chi connectivity index (χ1) is 5.57. The van der Waals surface area contributed by atoms with Gasteiger partial charge in [-0.25, -0.2) is 4.79 Å². The van der Waals surface area contributed by atoms with Crippen molar-refractivity contribution < 1.29 is 14.7 Å². The number of rotatable bonds is 5. The average Bonchev–Trinajstić information content (AvgIpc) is 1.96. The van der Waals surface area contributed by atoms with Gasteiger partial charge in [0, 0.05) is 12.7 Å². The monoisotopic (exact) mass is 192 g/mol. The predicted molar refractivity (Wildman–Crippen MR) is 46.8 cm³/mol. The molecule has 0 aromatic heterocycles. The van der Waals surface area contributed by atoms with Crippen LogP contribution in [-0.2, 0) is 9.59 Å². The fourth-order valence-electron chi connectivity index (χ4n) is 0.587. The van der Waals surface area contributed by atoms with E-state index in [4.69, 9.17) is 5.11 Å². The van der Waals surface area contributed by atoms with Gasteiger partial charge in [0.2, 0.25) is 5.91 Å². The largest absolute Gasteiger partial charge is 0.480 e. The predicted octanol–water partition coefficient (Wildman–Crippen LogP) is -0.557. The molecule has 6 heteroatoms. The van der Waals surface area contributed by atoms with Crippen LogP contribution in [0.2, 0.25) is 0 Å². The van der Waals surface area contributed by atoms with Gasteiger partial charge in [0.25, 0.3) is 0 Å². The molecule has 0 saturated carbocycles. The first-order valence-electron chi connectivity index (χ1n) is 3.36. The molecule has 0 spiro atoms. The molecule has 0 rings (SSSR count). The fraction of sp³-hybridized carbons (Fsp3) is 0.667. The van der Waals surface area contributed by atoms with Crippen LogP contribution in [0.25, 0.3) is 0 Å². The zero-order valence-electron chi connectivity index (χ0n) is 6.96. The van der Waals surface area contributed by atoms with Crippen LogP contribution in [0.3, 0.4) is 0 Å². The number of hydrogen-bond acceptors (Lipinski definition) is 4. The van der Waals surface area contributed by atoms with E-state index in [9.17, 15) is 9.59 Å². The zero-order valence-corrected chi connectivity index (χ0v) is 7.77. The Labute approximate surface area is 75.0 Å². The Morgan fingerprint density at radius 3 is 2.50 bits per heavy atom. The highest BCUT2D eigenvalue weighted by Gasteiger charge is 2.17. The van der Waals surface area contributed by atoms with Gasteiger partial charge >= 0.3 is 5.97 Å². The van der Waals surface area contributed by atoms with Crippen molar-refractivity contribution in [3.05, 3.63) is 0 Å². The molecule has 70 valence electrons. The molecule has 0 saturated heterocycles. The van der Waals surface area contributed by atoms with Crippen LogP contribution < -0.4 is 10.0 Å². The van der Waals surface area contributed by atoms with Crippen molar-refractivity contribution in [2.45, 2.75) is 13.0 Å².